The van der Waals surface area contributed by atoms with Crippen LogP contribution in [0.5, 0.6) is 0 Å². The van der Waals surface area contributed by atoms with Crippen molar-refractivity contribution < 1.29 is 4.79 Å². The van der Waals surface area contributed by atoms with Crippen LogP contribution in [0.4, 0.5) is 0 Å². The van der Waals surface area contributed by atoms with Gasteiger partial charge in [-0.3, -0.25) is 4.79 Å². The molecule has 2 atom stereocenters. The van der Waals surface area contributed by atoms with Gasteiger partial charge in [-0.2, -0.15) is 0 Å². The third-order valence-corrected chi connectivity index (χ3v) is 2.80. The first kappa shape index (κ1) is 9.81. The molecular weight excluding hydrogens is 176 g/mol. The summed E-state index contributed by atoms with van der Waals surface area (Å²) in [6, 6.07) is 1.09. The van der Waals surface area contributed by atoms with E-state index in [-0.39, 0.29) is 12.4 Å². The fourth-order valence-electron chi connectivity index (χ4n) is 2.24. The lowest BCUT2D eigenvalue weighted by Crippen LogP contribution is -2.47. The predicted molar refractivity (Wildman–Crippen MR) is 49.4 cm³/mol. The van der Waals surface area contributed by atoms with E-state index in [1.807, 2.05) is 4.90 Å². The molecule has 2 fully saturated rings. The lowest BCUT2D eigenvalue weighted by Gasteiger charge is -2.34. The number of amides is 1. The number of fused-ring (bicyclic) bond motifs is 1. The molecule has 2 heterocycles. The molecule has 0 saturated carbocycles. The van der Waals surface area contributed by atoms with Crippen molar-refractivity contribution in [2.75, 3.05) is 13.1 Å². The summed E-state index contributed by atoms with van der Waals surface area (Å²) < 4.78 is 0. The molecule has 0 aliphatic carbocycles. The first-order chi connectivity index (χ1) is 5.42. The molecule has 4 heteroatoms. The molecule has 0 aromatic carbocycles. The average molecular weight is 191 g/mol. The maximum absolute atomic E-state index is 10.6. The quantitative estimate of drug-likeness (QED) is 0.607. The van der Waals surface area contributed by atoms with E-state index in [2.05, 4.69) is 5.32 Å². The molecule has 0 spiro atoms. The van der Waals surface area contributed by atoms with Crippen LogP contribution in [0.15, 0.2) is 0 Å². The highest BCUT2D eigenvalue weighted by Gasteiger charge is 2.33. The summed E-state index contributed by atoms with van der Waals surface area (Å²) in [7, 11) is 0. The Bertz CT molecular complexity index is 165. The number of rotatable bonds is 1. The zero-order valence-corrected chi connectivity index (χ0v) is 7.85. The molecular formula is C8H15ClN2O. The Kier molecular flexibility index (Phi) is 3.35. The van der Waals surface area contributed by atoms with Gasteiger partial charge in [0, 0.05) is 18.6 Å². The van der Waals surface area contributed by atoms with Gasteiger partial charge in [0.05, 0.1) is 0 Å². The van der Waals surface area contributed by atoms with Gasteiger partial charge >= 0.3 is 0 Å². The highest BCUT2D eigenvalue weighted by atomic mass is 35.5. The molecule has 3 nitrogen and oxygen atoms in total. The summed E-state index contributed by atoms with van der Waals surface area (Å²) in [4.78, 5) is 12.6. The van der Waals surface area contributed by atoms with Crippen LogP contribution in [0, 0.1) is 0 Å². The molecule has 0 aromatic rings. The first-order valence-electron chi connectivity index (χ1n) is 4.36. The number of halogens is 1. The Morgan fingerprint density at radius 1 is 1.42 bits per heavy atom. The van der Waals surface area contributed by atoms with Crippen molar-refractivity contribution in [2.45, 2.75) is 31.3 Å². The van der Waals surface area contributed by atoms with Crippen LogP contribution in [0.25, 0.3) is 0 Å². The van der Waals surface area contributed by atoms with Gasteiger partial charge in [0.15, 0.2) is 0 Å². The van der Waals surface area contributed by atoms with Gasteiger partial charge in [-0.1, -0.05) is 0 Å². The Balaban J connectivity index is 0.000000720. The van der Waals surface area contributed by atoms with E-state index in [4.69, 9.17) is 0 Å². The van der Waals surface area contributed by atoms with Crippen LogP contribution < -0.4 is 5.32 Å². The zero-order chi connectivity index (χ0) is 7.68. The number of nitrogens with one attached hydrogen (secondary N) is 1. The highest BCUT2D eigenvalue weighted by Crippen LogP contribution is 2.22. The largest absolute Gasteiger partial charge is 0.341 e. The van der Waals surface area contributed by atoms with Crippen molar-refractivity contribution in [1.29, 1.82) is 0 Å². The van der Waals surface area contributed by atoms with E-state index in [1.54, 1.807) is 0 Å². The number of hydrogen-bond donors (Lipinski definition) is 1. The zero-order valence-electron chi connectivity index (χ0n) is 7.03. The predicted octanol–water partition coefficient (Wildman–Crippen LogP) is 0.391. The number of piperidine rings is 1. The second-order valence-electron chi connectivity index (χ2n) is 3.40. The molecule has 2 aliphatic rings. The number of nitrogens with zero attached hydrogens (tertiary/aromatic N) is 1. The highest BCUT2D eigenvalue weighted by molar-refractivity contribution is 5.85. The Morgan fingerprint density at radius 2 is 2.25 bits per heavy atom. The van der Waals surface area contributed by atoms with E-state index in [9.17, 15) is 4.79 Å². The molecule has 2 saturated heterocycles. The molecule has 12 heavy (non-hydrogen) atoms. The van der Waals surface area contributed by atoms with Gasteiger partial charge in [0.1, 0.15) is 0 Å². The Hall–Kier alpha value is -0.280. The Morgan fingerprint density at radius 3 is 3.00 bits per heavy atom. The molecule has 2 rings (SSSR count). The Labute approximate surface area is 78.9 Å². The molecule has 0 radical (unpaired) electrons. The van der Waals surface area contributed by atoms with Crippen LogP contribution >= 0.6 is 12.4 Å². The first-order valence-corrected chi connectivity index (χ1v) is 4.36. The number of carbonyl (C=O) groups excluding carboxylic acids is 1. The summed E-state index contributed by atoms with van der Waals surface area (Å²) in [5, 5.41) is 3.42. The number of hydrogen-bond acceptors (Lipinski definition) is 2. The number of carbonyl (C=O) groups is 1. The third-order valence-electron chi connectivity index (χ3n) is 2.80. The van der Waals surface area contributed by atoms with Crippen LogP contribution in [0.3, 0.4) is 0 Å². The van der Waals surface area contributed by atoms with Gasteiger partial charge in [-0.15, -0.1) is 12.4 Å². The van der Waals surface area contributed by atoms with E-state index >= 15 is 0 Å². The molecule has 1 N–H and O–H groups in total. The van der Waals surface area contributed by atoms with Crippen molar-refractivity contribution >= 4 is 18.8 Å². The van der Waals surface area contributed by atoms with Gasteiger partial charge in [-0.05, 0) is 25.8 Å². The van der Waals surface area contributed by atoms with Crippen molar-refractivity contribution in [3.63, 3.8) is 0 Å². The molecule has 0 aromatic heterocycles. The van der Waals surface area contributed by atoms with Crippen LogP contribution in [-0.2, 0) is 4.79 Å². The van der Waals surface area contributed by atoms with Crippen molar-refractivity contribution in [2.24, 2.45) is 0 Å². The molecule has 70 valence electrons. The van der Waals surface area contributed by atoms with Crippen molar-refractivity contribution in [3.8, 4) is 0 Å². The summed E-state index contributed by atoms with van der Waals surface area (Å²) in [5.74, 6) is 0. The summed E-state index contributed by atoms with van der Waals surface area (Å²) in [6.07, 6.45) is 4.55. The minimum atomic E-state index is 0. The molecule has 0 unspecified atom stereocenters. The minimum Gasteiger partial charge on any atom is -0.341 e. The number of likely N-dealkylation sites (tertiary alicyclic amines) is 1. The minimum absolute atomic E-state index is 0. The fourth-order valence-corrected chi connectivity index (χ4v) is 2.24. The lowest BCUT2D eigenvalue weighted by molar-refractivity contribution is -0.121. The fraction of sp³-hybridized carbons (Fsp3) is 0.875. The van der Waals surface area contributed by atoms with Gasteiger partial charge < -0.3 is 10.2 Å². The normalized spacial score (nSPS) is 33.8. The maximum Gasteiger partial charge on any atom is 0.210 e. The van der Waals surface area contributed by atoms with E-state index in [1.165, 1.54) is 6.42 Å². The second-order valence-corrected chi connectivity index (χ2v) is 3.40. The van der Waals surface area contributed by atoms with Gasteiger partial charge in [0.2, 0.25) is 6.41 Å². The summed E-state index contributed by atoms with van der Waals surface area (Å²) in [6.45, 7) is 2.05. The second kappa shape index (κ2) is 4.10. The SMILES string of the molecule is Cl.O=CN1CCC[C@@H]2NCC[C@@H]21. The molecule has 2 aliphatic heterocycles. The van der Waals surface area contributed by atoms with Crippen LogP contribution in [0.2, 0.25) is 0 Å². The van der Waals surface area contributed by atoms with E-state index < -0.39 is 0 Å². The van der Waals surface area contributed by atoms with Crippen molar-refractivity contribution in [1.82, 2.24) is 10.2 Å². The maximum atomic E-state index is 10.6. The van der Waals surface area contributed by atoms with E-state index in [0.717, 1.165) is 32.3 Å². The topological polar surface area (TPSA) is 32.3 Å². The molecule has 1 amide bonds. The van der Waals surface area contributed by atoms with Crippen LogP contribution in [-0.4, -0.2) is 36.5 Å². The average Bonchev–Trinajstić information content (AvgIpc) is 2.50. The third kappa shape index (κ3) is 1.57. The lowest BCUT2D eigenvalue weighted by atomic mass is 9.98. The van der Waals surface area contributed by atoms with Crippen molar-refractivity contribution in [3.05, 3.63) is 0 Å². The van der Waals surface area contributed by atoms with Crippen LogP contribution in [0.1, 0.15) is 19.3 Å². The smallest absolute Gasteiger partial charge is 0.210 e. The standard InChI is InChI=1S/C8H14N2O.ClH/c11-6-10-5-1-2-7-8(10)3-4-9-7;/h6-9H,1-5H2;1H/t7-,8-;/m0./s1. The van der Waals surface area contributed by atoms with Gasteiger partial charge in [-0.25, -0.2) is 0 Å². The summed E-state index contributed by atoms with van der Waals surface area (Å²) in [5.41, 5.74) is 0. The molecule has 0 bridgehead atoms. The van der Waals surface area contributed by atoms with Gasteiger partial charge in [0.25, 0.3) is 0 Å². The summed E-state index contributed by atoms with van der Waals surface area (Å²) >= 11 is 0. The monoisotopic (exact) mass is 190 g/mol. The van der Waals surface area contributed by atoms with E-state index in [0.29, 0.717) is 12.1 Å².